The van der Waals surface area contributed by atoms with Crippen molar-refractivity contribution in [3.63, 3.8) is 0 Å². The fraction of sp³-hybridized carbons (Fsp3) is 0.100. The predicted octanol–water partition coefficient (Wildman–Crippen LogP) is 4.11. The minimum atomic E-state index is -2.95. The molecule has 1 aromatic heterocycles. The molecule has 1 aromatic carbocycles. The fourth-order valence-electron chi connectivity index (χ4n) is 1.27. The molecule has 0 amide bonds. The number of alkyl halides is 2. The first-order valence-electron chi connectivity index (χ1n) is 4.10. The Balaban J connectivity index is 2.63. The number of carbonyl (C=O) groups excluding carboxylic acids is 1. The maximum absolute atomic E-state index is 12.3. The Labute approximate surface area is 96.8 Å². The second-order valence-electron chi connectivity index (χ2n) is 2.91. The zero-order valence-corrected chi connectivity index (χ0v) is 9.74. The van der Waals surface area contributed by atoms with Crippen LogP contribution in [0.4, 0.5) is 8.78 Å². The van der Waals surface area contributed by atoms with Gasteiger partial charge in [0.1, 0.15) is 0 Å². The van der Waals surface area contributed by atoms with Crippen LogP contribution in [-0.4, -0.2) is 12.2 Å². The Kier molecular flexibility index (Phi) is 2.84. The van der Waals surface area contributed by atoms with Gasteiger partial charge in [-0.25, -0.2) is 8.78 Å². The number of thiophene rings is 1. The van der Waals surface area contributed by atoms with E-state index in [2.05, 4.69) is 15.9 Å². The number of Topliss-reactive ketones (excluding diaryl/α,β-unsaturated/α-hetero) is 1. The molecule has 0 aliphatic carbocycles. The van der Waals surface area contributed by atoms with Crippen LogP contribution < -0.4 is 0 Å². The van der Waals surface area contributed by atoms with Crippen molar-refractivity contribution in [2.45, 2.75) is 6.43 Å². The van der Waals surface area contributed by atoms with Crippen LogP contribution in [0.2, 0.25) is 0 Å². The lowest BCUT2D eigenvalue weighted by Gasteiger charge is -1.95. The van der Waals surface area contributed by atoms with Gasteiger partial charge in [0.25, 0.3) is 0 Å². The first-order chi connectivity index (χ1) is 7.11. The monoisotopic (exact) mass is 290 g/mol. The molecule has 0 fully saturated rings. The maximum Gasteiger partial charge on any atom is 0.301 e. The zero-order chi connectivity index (χ0) is 11.0. The lowest BCUT2D eigenvalue weighted by molar-refractivity contribution is 0.0682. The number of halogens is 3. The minimum absolute atomic E-state index is 0.0891. The summed E-state index contributed by atoms with van der Waals surface area (Å²) in [5, 5.41) is 0.798. The van der Waals surface area contributed by atoms with Crippen LogP contribution in [0.15, 0.2) is 28.7 Å². The van der Waals surface area contributed by atoms with Gasteiger partial charge in [0.05, 0.1) is 4.88 Å². The smallest absolute Gasteiger partial charge is 0.287 e. The largest absolute Gasteiger partial charge is 0.301 e. The van der Waals surface area contributed by atoms with Gasteiger partial charge in [-0.2, -0.15) is 0 Å². The molecule has 2 aromatic rings. The molecule has 5 heteroatoms. The Hall–Kier alpha value is -0.810. The molecule has 0 spiro atoms. The fourth-order valence-corrected chi connectivity index (χ4v) is 3.22. The molecule has 1 nitrogen and oxygen atoms in total. The van der Waals surface area contributed by atoms with E-state index in [4.69, 9.17) is 0 Å². The molecule has 0 N–H and O–H groups in total. The summed E-state index contributed by atoms with van der Waals surface area (Å²) in [4.78, 5) is 11.3. The minimum Gasteiger partial charge on any atom is -0.287 e. The van der Waals surface area contributed by atoms with Crippen molar-refractivity contribution in [2.75, 3.05) is 0 Å². The lowest BCUT2D eigenvalue weighted by atomic mass is 10.2. The summed E-state index contributed by atoms with van der Waals surface area (Å²) < 4.78 is 25.8. The van der Waals surface area contributed by atoms with E-state index in [1.807, 2.05) is 6.07 Å². The SMILES string of the molecule is O=C(c1sc2ccccc2c1Br)C(F)F. The van der Waals surface area contributed by atoms with Crippen molar-refractivity contribution >= 4 is 43.1 Å². The van der Waals surface area contributed by atoms with Crippen molar-refractivity contribution in [2.24, 2.45) is 0 Å². The number of hydrogen-bond acceptors (Lipinski definition) is 2. The van der Waals surface area contributed by atoms with Gasteiger partial charge in [-0.3, -0.25) is 4.79 Å². The van der Waals surface area contributed by atoms with Crippen LogP contribution in [-0.2, 0) is 0 Å². The summed E-state index contributed by atoms with van der Waals surface area (Å²) in [6.45, 7) is 0. The highest BCUT2D eigenvalue weighted by Gasteiger charge is 2.23. The van der Waals surface area contributed by atoms with Crippen molar-refractivity contribution in [3.8, 4) is 0 Å². The normalized spacial score (nSPS) is 11.2. The Morgan fingerprint density at radius 2 is 2.00 bits per heavy atom. The quantitative estimate of drug-likeness (QED) is 0.761. The molecule has 0 saturated carbocycles. The molecule has 0 saturated heterocycles. The van der Waals surface area contributed by atoms with Gasteiger partial charge >= 0.3 is 6.43 Å². The van der Waals surface area contributed by atoms with Crippen LogP contribution >= 0.6 is 27.3 Å². The summed E-state index contributed by atoms with van der Waals surface area (Å²) in [6, 6.07) is 7.20. The van der Waals surface area contributed by atoms with Crippen molar-refractivity contribution in [1.29, 1.82) is 0 Å². The second-order valence-corrected chi connectivity index (χ2v) is 4.75. The highest BCUT2D eigenvalue weighted by atomic mass is 79.9. The van der Waals surface area contributed by atoms with Gasteiger partial charge in [-0.05, 0) is 22.0 Å². The van der Waals surface area contributed by atoms with Gasteiger partial charge < -0.3 is 0 Å². The Bertz CT molecular complexity index is 521. The van der Waals surface area contributed by atoms with Crippen LogP contribution in [0.5, 0.6) is 0 Å². The van der Waals surface area contributed by atoms with E-state index in [1.165, 1.54) is 0 Å². The molecule has 2 rings (SSSR count). The van der Waals surface area contributed by atoms with Gasteiger partial charge in [0.2, 0.25) is 5.78 Å². The number of carbonyl (C=O) groups is 1. The number of rotatable bonds is 2. The summed E-state index contributed by atoms with van der Waals surface area (Å²) >= 11 is 4.26. The third-order valence-corrected chi connectivity index (χ3v) is 4.23. The summed E-state index contributed by atoms with van der Waals surface area (Å²) in [7, 11) is 0. The van der Waals surface area contributed by atoms with E-state index in [-0.39, 0.29) is 4.88 Å². The number of ketones is 1. The molecule has 1 heterocycles. The summed E-state index contributed by atoms with van der Waals surface area (Å²) in [5.74, 6) is -1.12. The molecule has 0 aliphatic heterocycles. The van der Waals surface area contributed by atoms with Crippen LogP contribution in [0, 0.1) is 0 Å². The predicted molar refractivity (Wildman–Crippen MR) is 59.9 cm³/mol. The lowest BCUT2D eigenvalue weighted by Crippen LogP contribution is -2.08. The average Bonchev–Trinajstić information content (AvgIpc) is 2.56. The van der Waals surface area contributed by atoms with E-state index >= 15 is 0 Å². The third-order valence-electron chi connectivity index (χ3n) is 1.96. The van der Waals surface area contributed by atoms with Crippen molar-refractivity contribution < 1.29 is 13.6 Å². The van der Waals surface area contributed by atoms with Crippen LogP contribution in [0.25, 0.3) is 10.1 Å². The van der Waals surface area contributed by atoms with E-state index in [9.17, 15) is 13.6 Å². The van der Waals surface area contributed by atoms with Gasteiger partial charge in [-0.1, -0.05) is 18.2 Å². The molecule has 0 aliphatic rings. The molecule has 0 bridgehead atoms. The molecular weight excluding hydrogens is 286 g/mol. The first kappa shape index (κ1) is 10.7. The van der Waals surface area contributed by atoms with Crippen molar-refractivity contribution in [1.82, 2.24) is 0 Å². The zero-order valence-electron chi connectivity index (χ0n) is 7.34. The highest BCUT2D eigenvalue weighted by molar-refractivity contribution is 9.10. The second kappa shape index (κ2) is 3.98. The average molecular weight is 291 g/mol. The van der Waals surface area contributed by atoms with E-state index in [0.717, 1.165) is 21.4 Å². The van der Waals surface area contributed by atoms with Gasteiger partial charge in [0.15, 0.2) is 0 Å². The Morgan fingerprint density at radius 3 is 2.60 bits per heavy atom. The third kappa shape index (κ3) is 1.81. The molecule has 0 radical (unpaired) electrons. The number of benzene rings is 1. The highest BCUT2D eigenvalue weighted by Crippen LogP contribution is 2.36. The van der Waals surface area contributed by atoms with Crippen LogP contribution in [0.3, 0.4) is 0 Å². The topological polar surface area (TPSA) is 17.1 Å². The number of hydrogen-bond donors (Lipinski definition) is 0. The number of fused-ring (bicyclic) bond motifs is 1. The standard InChI is InChI=1S/C10H5BrF2OS/c11-7-5-3-1-2-4-6(5)15-9(7)8(14)10(12)13/h1-4,10H. The van der Waals surface area contributed by atoms with Crippen molar-refractivity contribution in [3.05, 3.63) is 33.6 Å². The van der Waals surface area contributed by atoms with Gasteiger partial charge in [-0.15, -0.1) is 11.3 Å². The van der Waals surface area contributed by atoms with E-state index in [1.54, 1.807) is 18.2 Å². The van der Waals surface area contributed by atoms with Gasteiger partial charge in [0, 0.05) is 14.6 Å². The van der Waals surface area contributed by atoms with E-state index < -0.39 is 12.2 Å². The summed E-state index contributed by atoms with van der Waals surface area (Å²) in [5.41, 5.74) is 0. The summed E-state index contributed by atoms with van der Waals surface area (Å²) in [6.07, 6.45) is -2.95. The molecular formula is C10H5BrF2OS. The molecule has 78 valence electrons. The van der Waals surface area contributed by atoms with E-state index in [0.29, 0.717) is 4.47 Å². The molecule has 0 unspecified atom stereocenters. The first-order valence-corrected chi connectivity index (χ1v) is 5.71. The molecule has 15 heavy (non-hydrogen) atoms. The maximum atomic E-state index is 12.3. The Morgan fingerprint density at radius 1 is 1.33 bits per heavy atom. The van der Waals surface area contributed by atoms with Crippen LogP contribution in [0.1, 0.15) is 9.67 Å². The molecule has 0 atom stereocenters.